The molecule has 0 heterocycles. The van der Waals surface area contributed by atoms with Gasteiger partial charge in [-0.1, -0.05) is 6.08 Å². The fraction of sp³-hybridized carbons (Fsp3) is 0.500. The van der Waals surface area contributed by atoms with Crippen molar-refractivity contribution >= 4 is 11.8 Å². The zero-order valence-electron chi connectivity index (χ0n) is 6.54. The van der Waals surface area contributed by atoms with Crippen LogP contribution in [0.5, 0.6) is 0 Å². The van der Waals surface area contributed by atoms with E-state index in [9.17, 15) is 9.59 Å². The van der Waals surface area contributed by atoms with E-state index in [0.717, 1.165) is 0 Å². The zero-order chi connectivity index (χ0) is 8.85. The molecule has 0 aliphatic carbocycles. The molecule has 0 saturated carbocycles. The normalized spacial score (nSPS) is 12.1. The van der Waals surface area contributed by atoms with E-state index >= 15 is 0 Å². The molecule has 0 amide bonds. The minimum absolute atomic E-state index is 0.292. The molecule has 1 N–H and O–H groups in total. The molecule has 0 spiro atoms. The van der Waals surface area contributed by atoms with Crippen molar-refractivity contribution in [3.63, 3.8) is 0 Å². The molecule has 0 aliphatic heterocycles. The van der Waals surface area contributed by atoms with Gasteiger partial charge in [0.05, 0.1) is 0 Å². The number of Topliss-reactive ketones (excluding diaryl/α,β-unsaturated/α-hetero) is 1. The highest BCUT2D eigenvalue weighted by Gasteiger charge is 2.20. The molecule has 0 radical (unpaired) electrons. The van der Waals surface area contributed by atoms with E-state index in [1.807, 2.05) is 0 Å². The third-order valence-corrected chi connectivity index (χ3v) is 1.45. The molecule has 0 bridgehead atoms. The van der Waals surface area contributed by atoms with Crippen molar-refractivity contribution in [2.45, 2.75) is 19.8 Å². The van der Waals surface area contributed by atoms with Crippen molar-refractivity contribution < 1.29 is 14.7 Å². The summed E-state index contributed by atoms with van der Waals surface area (Å²) in [5.41, 5.74) is 0. The van der Waals surface area contributed by atoms with Gasteiger partial charge in [0.1, 0.15) is 11.7 Å². The lowest BCUT2D eigenvalue weighted by molar-refractivity contribution is -0.145. The molecular formula is C8H12O3. The van der Waals surface area contributed by atoms with E-state index < -0.39 is 11.9 Å². The van der Waals surface area contributed by atoms with E-state index in [1.54, 1.807) is 6.08 Å². The van der Waals surface area contributed by atoms with Gasteiger partial charge in [0.2, 0.25) is 0 Å². The number of ketones is 1. The monoisotopic (exact) mass is 156 g/mol. The minimum atomic E-state index is -1.04. The van der Waals surface area contributed by atoms with Crippen LogP contribution in [0.4, 0.5) is 0 Å². The van der Waals surface area contributed by atoms with Gasteiger partial charge in [0, 0.05) is 0 Å². The molecule has 1 atom stereocenters. The Balaban J connectivity index is 4.00. The number of hydrogen-bond donors (Lipinski definition) is 1. The molecule has 0 aromatic carbocycles. The maximum absolute atomic E-state index is 10.7. The Hall–Kier alpha value is -1.12. The Morgan fingerprint density at radius 2 is 2.18 bits per heavy atom. The summed E-state index contributed by atoms with van der Waals surface area (Å²) in [7, 11) is 0. The fourth-order valence-electron chi connectivity index (χ4n) is 0.785. The van der Waals surface area contributed by atoms with Crippen molar-refractivity contribution in [1.82, 2.24) is 0 Å². The summed E-state index contributed by atoms with van der Waals surface area (Å²) in [6.45, 7) is 4.74. The van der Waals surface area contributed by atoms with Gasteiger partial charge in [-0.3, -0.25) is 9.59 Å². The van der Waals surface area contributed by atoms with Gasteiger partial charge in [0.25, 0.3) is 0 Å². The summed E-state index contributed by atoms with van der Waals surface area (Å²) in [5.74, 6) is -2.19. The number of carbonyl (C=O) groups excluding carboxylic acids is 1. The standard InChI is InChI=1S/C8H12O3/c1-3-4-5-7(6(2)9)8(10)11/h3,7H,1,4-5H2,2H3,(H,10,11). The molecule has 11 heavy (non-hydrogen) atoms. The van der Waals surface area contributed by atoms with Crippen molar-refractivity contribution in [2.24, 2.45) is 5.92 Å². The largest absolute Gasteiger partial charge is 0.481 e. The zero-order valence-corrected chi connectivity index (χ0v) is 6.54. The highest BCUT2D eigenvalue weighted by Crippen LogP contribution is 2.07. The van der Waals surface area contributed by atoms with Crippen molar-refractivity contribution in [3.05, 3.63) is 12.7 Å². The lowest BCUT2D eigenvalue weighted by Gasteiger charge is -2.05. The topological polar surface area (TPSA) is 54.4 Å². The van der Waals surface area contributed by atoms with Crippen LogP contribution < -0.4 is 0 Å². The molecule has 1 unspecified atom stereocenters. The molecule has 0 rings (SSSR count). The van der Waals surface area contributed by atoms with E-state index in [-0.39, 0.29) is 5.78 Å². The van der Waals surface area contributed by atoms with Crippen molar-refractivity contribution in [2.75, 3.05) is 0 Å². The van der Waals surface area contributed by atoms with Crippen LogP contribution in [0.25, 0.3) is 0 Å². The average Bonchev–Trinajstić information content (AvgIpc) is 1.87. The molecule has 0 aromatic heterocycles. The Bertz CT molecular complexity index is 158. The quantitative estimate of drug-likeness (QED) is 0.481. The van der Waals surface area contributed by atoms with E-state index in [1.165, 1.54) is 6.92 Å². The van der Waals surface area contributed by atoms with E-state index in [0.29, 0.717) is 12.8 Å². The number of allylic oxidation sites excluding steroid dienone is 1. The van der Waals surface area contributed by atoms with Crippen LogP contribution in [-0.4, -0.2) is 16.9 Å². The van der Waals surface area contributed by atoms with Gasteiger partial charge in [-0.05, 0) is 19.8 Å². The van der Waals surface area contributed by atoms with Crippen LogP contribution in [-0.2, 0) is 9.59 Å². The van der Waals surface area contributed by atoms with Gasteiger partial charge < -0.3 is 5.11 Å². The maximum atomic E-state index is 10.7. The van der Waals surface area contributed by atoms with E-state index in [4.69, 9.17) is 5.11 Å². The summed E-state index contributed by atoms with van der Waals surface area (Å²) in [4.78, 5) is 21.1. The van der Waals surface area contributed by atoms with Crippen LogP contribution in [0.3, 0.4) is 0 Å². The summed E-state index contributed by atoms with van der Waals surface area (Å²) < 4.78 is 0. The van der Waals surface area contributed by atoms with Crippen molar-refractivity contribution in [1.29, 1.82) is 0 Å². The van der Waals surface area contributed by atoms with Gasteiger partial charge in [-0.15, -0.1) is 6.58 Å². The summed E-state index contributed by atoms with van der Waals surface area (Å²) in [6.07, 6.45) is 2.53. The first-order chi connectivity index (χ1) is 5.09. The van der Waals surface area contributed by atoms with Gasteiger partial charge in [-0.2, -0.15) is 0 Å². The Labute approximate surface area is 65.7 Å². The first-order valence-corrected chi connectivity index (χ1v) is 3.43. The molecule has 3 heteroatoms. The number of rotatable bonds is 5. The lowest BCUT2D eigenvalue weighted by Crippen LogP contribution is -2.20. The minimum Gasteiger partial charge on any atom is -0.481 e. The van der Waals surface area contributed by atoms with Crippen LogP contribution >= 0.6 is 0 Å². The molecule has 0 aliphatic rings. The Kier molecular flexibility index (Phi) is 4.18. The average molecular weight is 156 g/mol. The van der Waals surface area contributed by atoms with Crippen LogP contribution in [0.1, 0.15) is 19.8 Å². The van der Waals surface area contributed by atoms with Gasteiger partial charge in [-0.25, -0.2) is 0 Å². The summed E-state index contributed by atoms with van der Waals surface area (Å²) in [6, 6.07) is 0. The maximum Gasteiger partial charge on any atom is 0.314 e. The molecule has 62 valence electrons. The third-order valence-electron chi connectivity index (χ3n) is 1.45. The number of carboxylic acids is 1. The van der Waals surface area contributed by atoms with Crippen LogP contribution in [0.15, 0.2) is 12.7 Å². The predicted molar refractivity (Wildman–Crippen MR) is 41.2 cm³/mol. The third kappa shape index (κ3) is 3.55. The smallest absolute Gasteiger partial charge is 0.314 e. The predicted octanol–water partition coefficient (Wildman–Crippen LogP) is 1.24. The SMILES string of the molecule is C=CCCC(C(C)=O)C(=O)O. The highest BCUT2D eigenvalue weighted by molar-refractivity contribution is 5.96. The molecular weight excluding hydrogens is 144 g/mol. The first kappa shape index (κ1) is 9.88. The van der Waals surface area contributed by atoms with Crippen molar-refractivity contribution in [3.8, 4) is 0 Å². The van der Waals surface area contributed by atoms with E-state index in [2.05, 4.69) is 6.58 Å². The van der Waals surface area contributed by atoms with Gasteiger partial charge in [0.15, 0.2) is 0 Å². The molecule has 0 aromatic rings. The second kappa shape index (κ2) is 4.66. The second-order valence-electron chi connectivity index (χ2n) is 2.37. The molecule has 0 fully saturated rings. The highest BCUT2D eigenvalue weighted by atomic mass is 16.4. The molecule has 0 saturated heterocycles. The Morgan fingerprint density at radius 1 is 1.64 bits per heavy atom. The summed E-state index contributed by atoms with van der Waals surface area (Å²) in [5, 5.41) is 8.52. The first-order valence-electron chi connectivity index (χ1n) is 3.43. The van der Waals surface area contributed by atoms with Crippen LogP contribution in [0, 0.1) is 5.92 Å². The Morgan fingerprint density at radius 3 is 2.45 bits per heavy atom. The number of carboxylic acid groups (broad SMARTS) is 1. The lowest BCUT2D eigenvalue weighted by atomic mass is 10.00. The number of carbonyl (C=O) groups is 2. The summed E-state index contributed by atoms with van der Waals surface area (Å²) >= 11 is 0. The van der Waals surface area contributed by atoms with Gasteiger partial charge >= 0.3 is 5.97 Å². The second-order valence-corrected chi connectivity index (χ2v) is 2.37. The number of aliphatic carboxylic acids is 1. The number of hydrogen-bond acceptors (Lipinski definition) is 2. The van der Waals surface area contributed by atoms with Crippen LogP contribution in [0.2, 0.25) is 0 Å². The fourth-order valence-corrected chi connectivity index (χ4v) is 0.785. The molecule has 3 nitrogen and oxygen atoms in total.